The first-order chi connectivity index (χ1) is 15.0. The third-order valence-corrected chi connectivity index (χ3v) is 5.05. The first-order valence-corrected chi connectivity index (χ1v) is 7.54. The van der Waals surface area contributed by atoms with Gasteiger partial charge in [-0.15, -0.1) is 0 Å². The van der Waals surface area contributed by atoms with Crippen molar-refractivity contribution in [3.05, 3.63) is 0 Å². The third-order valence-electron chi connectivity index (χ3n) is 5.05. The molecule has 24 heteroatoms. The van der Waals surface area contributed by atoms with Gasteiger partial charge in [0.1, 0.15) is 0 Å². The van der Waals surface area contributed by atoms with E-state index in [1.165, 1.54) is 0 Å². The van der Waals surface area contributed by atoms with E-state index in [9.17, 15) is 105 Å². The Hall–Kier alpha value is -1.68. The van der Waals surface area contributed by atoms with Gasteiger partial charge in [0.15, 0.2) is 0 Å². The maximum absolute atomic E-state index is 14.9. The second-order valence-corrected chi connectivity index (χ2v) is 6.92. The summed E-state index contributed by atoms with van der Waals surface area (Å²) in [6, 6.07) is 0. The van der Waals surface area contributed by atoms with Crippen LogP contribution in [0.4, 0.5) is 105 Å². The molecule has 0 N–H and O–H groups in total. The van der Waals surface area contributed by atoms with Crippen molar-refractivity contribution < 1.29 is 105 Å². The van der Waals surface area contributed by atoms with Crippen LogP contribution >= 0.6 is 0 Å². The molecule has 0 bridgehead atoms. The maximum Gasteiger partial charge on any atom is 0.457 e. The van der Waals surface area contributed by atoms with Crippen LogP contribution in [0.1, 0.15) is 0 Å². The lowest BCUT2D eigenvalue weighted by Crippen LogP contribution is -2.95. The molecule has 1 aliphatic rings. The Morgan fingerprint density at radius 3 is 0.722 bits per heavy atom. The monoisotopic (exact) mass is 600 g/mol. The summed E-state index contributed by atoms with van der Waals surface area (Å²) in [6.07, 6.45) is -27.0. The molecule has 0 saturated heterocycles. The SMILES string of the molecule is FC(F)(F)C(F)(F)C1(F)C(F)(F)C(F)(F)C(F)(F)C(F)(F)C1(C(F)(F)C(F)(F)F)C(F)(F)C(F)(F)F. The summed E-state index contributed by atoms with van der Waals surface area (Å²) in [5.74, 6) is -67.1. The summed E-state index contributed by atoms with van der Waals surface area (Å²) in [5, 5.41) is 0. The molecule has 0 heterocycles. The largest absolute Gasteiger partial charge is 0.457 e. The quantitative estimate of drug-likeness (QED) is 0.290. The predicted octanol–water partition coefficient (Wildman–Crippen LogP) is 7.83. The summed E-state index contributed by atoms with van der Waals surface area (Å²) >= 11 is 0. The second kappa shape index (κ2) is 7.04. The van der Waals surface area contributed by atoms with E-state index < -0.39 is 71.1 Å². The minimum Gasteiger partial charge on any atom is -0.228 e. The molecule has 1 unspecified atom stereocenters. The van der Waals surface area contributed by atoms with Gasteiger partial charge in [-0.05, 0) is 0 Å². The normalized spacial score (nSPS) is 28.7. The number of alkyl halides is 24. The van der Waals surface area contributed by atoms with E-state index in [1.807, 2.05) is 0 Å². The van der Waals surface area contributed by atoms with Crippen LogP contribution in [0.5, 0.6) is 0 Å². The summed E-state index contributed by atoms with van der Waals surface area (Å²) < 4.78 is 322. The van der Waals surface area contributed by atoms with Crippen molar-refractivity contribution in [3.63, 3.8) is 0 Å². The Morgan fingerprint density at radius 1 is 0.278 bits per heavy atom. The molecular formula is C12F24. The molecule has 0 aliphatic heterocycles. The van der Waals surface area contributed by atoms with Gasteiger partial charge in [0, 0.05) is 0 Å². The van der Waals surface area contributed by atoms with Crippen LogP contribution in [-0.2, 0) is 0 Å². The van der Waals surface area contributed by atoms with Gasteiger partial charge in [-0.25, -0.2) is 4.39 Å². The van der Waals surface area contributed by atoms with Gasteiger partial charge in [0.05, 0.1) is 0 Å². The molecule has 1 rings (SSSR count). The van der Waals surface area contributed by atoms with Crippen molar-refractivity contribution in [2.75, 3.05) is 0 Å². The lowest BCUT2D eigenvalue weighted by atomic mass is 9.49. The van der Waals surface area contributed by atoms with Crippen molar-refractivity contribution in [2.45, 2.75) is 65.7 Å². The number of rotatable bonds is 3. The lowest BCUT2D eigenvalue weighted by Gasteiger charge is -2.63. The van der Waals surface area contributed by atoms with Gasteiger partial charge >= 0.3 is 60.0 Å². The van der Waals surface area contributed by atoms with Crippen molar-refractivity contribution in [3.8, 4) is 0 Å². The molecule has 216 valence electrons. The Morgan fingerprint density at radius 2 is 0.500 bits per heavy atom. The first kappa shape index (κ1) is 32.3. The average Bonchev–Trinajstić information content (AvgIpc) is 2.56. The second-order valence-electron chi connectivity index (χ2n) is 6.92. The highest BCUT2D eigenvalue weighted by atomic mass is 19.4. The zero-order valence-corrected chi connectivity index (χ0v) is 15.1. The summed E-state index contributed by atoms with van der Waals surface area (Å²) in [4.78, 5) is 0. The van der Waals surface area contributed by atoms with Crippen molar-refractivity contribution in [1.82, 2.24) is 0 Å². The van der Waals surface area contributed by atoms with Gasteiger partial charge in [-0.2, -0.15) is 101 Å². The van der Waals surface area contributed by atoms with E-state index in [0.29, 0.717) is 0 Å². The molecule has 0 radical (unpaired) electrons. The fourth-order valence-corrected chi connectivity index (χ4v) is 3.38. The standard InChI is InChI=1S/C12F24/c13-2(7(22,23)12(34,35)36)1(4(16,17)10(28,29)30,5(18,19)11(31,32)33)3(14,15)8(24,25)9(26,27)6(2,20)21. The molecule has 0 amide bonds. The van der Waals surface area contributed by atoms with Gasteiger partial charge in [-0.3, -0.25) is 0 Å². The van der Waals surface area contributed by atoms with Crippen molar-refractivity contribution in [2.24, 2.45) is 5.41 Å². The van der Waals surface area contributed by atoms with Crippen molar-refractivity contribution in [1.29, 1.82) is 0 Å². The smallest absolute Gasteiger partial charge is 0.228 e. The van der Waals surface area contributed by atoms with E-state index in [-0.39, 0.29) is 0 Å². The maximum atomic E-state index is 14.9. The Kier molecular flexibility index (Phi) is 6.32. The van der Waals surface area contributed by atoms with Crippen LogP contribution in [0.3, 0.4) is 0 Å². The van der Waals surface area contributed by atoms with Crippen molar-refractivity contribution >= 4 is 0 Å². The molecular weight excluding hydrogens is 600 g/mol. The molecule has 0 aromatic rings. The zero-order valence-electron chi connectivity index (χ0n) is 15.1. The first-order valence-electron chi connectivity index (χ1n) is 7.54. The Balaban J connectivity index is 5.02. The fraction of sp³-hybridized carbons (Fsp3) is 1.00. The molecule has 0 nitrogen and oxygen atoms in total. The van der Waals surface area contributed by atoms with Gasteiger partial charge < -0.3 is 0 Å². The Bertz CT molecular complexity index is 837. The zero-order chi connectivity index (χ0) is 30.0. The summed E-state index contributed by atoms with van der Waals surface area (Å²) in [7, 11) is 0. The predicted molar refractivity (Wildman–Crippen MR) is 59.1 cm³/mol. The third kappa shape index (κ3) is 2.80. The summed E-state index contributed by atoms with van der Waals surface area (Å²) in [5.41, 5.74) is -20.7. The minimum absolute atomic E-state index is 8.88. The number of hydrogen-bond donors (Lipinski definition) is 0. The molecule has 1 fully saturated rings. The highest BCUT2D eigenvalue weighted by Crippen LogP contribution is 2.83. The highest BCUT2D eigenvalue weighted by Gasteiger charge is 3.14. The van der Waals surface area contributed by atoms with Crippen LogP contribution in [0.25, 0.3) is 0 Å². The molecule has 1 saturated carbocycles. The number of halogens is 24. The Labute approximate surface area is 178 Å². The van der Waals surface area contributed by atoms with Crippen LogP contribution in [-0.4, -0.2) is 65.7 Å². The molecule has 1 aliphatic carbocycles. The van der Waals surface area contributed by atoms with E-state index in [2.05, 4.69) is 0 Å². The van der Waals surface area contributed by atoms with E-state index in [1.54, 1.807) is 0 Å². The molecule has 36 heavy (non-hydrogen) atoms. The average molecular weight is 600 g/mol. The van der Waals surface area contributed by atoms with Crippen LogP contribution in [0.2, 0.25) is 0 Å². The molecule has 0 spiro atoms. The van der Waals surface area contributed by atoms with E-state index in [4.69, 9.17) is 0 Å². The van der Waals surface area contributed by atoms with Crippen LogP contribution in [0.15, 0.2) is 0 Å². The lowest BCUT2D eigenvalue weighted by molar-refractivity contribution is -0.573. The van der Waals surface area contributed by atoms with E-state index >= 15 is 0 Å². The van der Waals surface area contributed by atoms with Gasteiger partial charge in [0.2, 0.25) is 5.41 Å². The van der Waals surface area contributed by atoms with Gasteiger partial charge in [-0.1, -0.05) is 0 Å². The molecule has 1 atom stereocenters. The highest BCUT2D eigenvalue weighted by molar-refractivity contribution is 5.39. The van der Waals surface area contributed by atoms with E-state index in [0.717, 1.165) is 0 Å². The topological polar surface area (TPSA) is 0 Å². The van der Waals surface area contributed by atoms with Gasteiger partial charge in [0.25, 0.3) is 5.67 Å². The molecule has 0 aromatic heterocycles. The van der Waals surface area contributed by atoms with Crippen LogP contribution in [0, 0.1) is 5.41 Å². The fourth-order valence-electron chi connectivity index (χ4n) is 3.38. The number of hydrogen-bond acceptors (Lipinski definition) is 0. The van der Waals surface area contributed by atoms with Crippen LogP contribution < -0.4 is 0 Å². The summed E-state index contributed by atoms with van der Waals surface area (Å²) in [6.45, 7) is 0. The minimum atomic E-state index is -10.4. The molecule has 0 aromatic carbocycles.